The summed E-state index contributed by atoms with van der Waals surface area (Å²) < 4.78 is 0. The summed E-state index contributed by atoms with van der Waals surface area (Å²) >= 11 is 0. The van der Waals surface area contributed by atoms with E-state index in [4.69, 9.17) is 0 Å². The fourth-order valence-corrected chi connectivity index (χ4v) is 3.56. The third-order valence-corrected chi connectivity index (χ3v) is 4.95. The van der Waals surface area contributed by atoms with E-state index in [1.807, 2.05) is 16.8 Å². The van der Waals surface area contributed by atoms with E-state index >= 15 is 0 Å². The SMILES string of the molecule is CCCC(C)N1CC(C(=O)N(C)C2CCNCC2)CC1=O. The van der Waals surface area contributed by atoms with Gasteiger partial charge in [0.15, 0.2) is 0 Å². The Morgan fingerprint density at radius 3 is 2.71 bits per heavy atom. The lowest BCUT2D eigenvalue weighted by molar-refractivity contribution is -0.137. The van der Waals surface area contributed by atoms with Gasteiger partial charge in [0.25, 0.3) is 0 Å². The van der Waals surface area contributed by atoms with Gasteiger partial charge in [-0.2, -0.15) is 0 Å². The number of nitrogens with zero attached hydrogens (tertiary/aromatic N) is 2. The van der Waals surface area contributed by atoms with Crippen molar-refractivity contribution in [1.82, 2.24) is 15.1 Å². The molecule has 5 nitrogen and oxygen atoms in total. The number of amides is 2. The topological polar surface area (TPSA) is 52.7 Å². The van der Waals surface area contributed by atoms with E-state index in [9.17, 15) is 9.59 Å². The predicted octanol–water partition coefficient (Wildman–Crippen LogP) is 1.23. The summed E-state index contributed by atoms with van der Waals surface area (Å²) in [7, 11) is 1.90. The highest BCUT2D eigenvalue weighted by Crippen LogP contribution is 2.25. The van der Waals surface area contributed by atoms with Crippen LogP contribution in [0.3, 0.4) is 0 Å². The van der Waals surface area contributed by atoms with E-state index in [1.54, 1.807) is 0 Å². The van der Waals surface area contributed by atoms with E-state index in [1.165, 1.54) is 0 Å². The van der Waals surface area contributed by atoms with Crippen LogP contribution in [0.15, 0.2) is 0 Å². The summed E-state index contributed by atoms with van der Waals surface area (Å²) in [6.07, 6.45) is 4.50. The van der Waals surface area contributed by atoms with Gasteiger partial charge in [0, 0.05) is 32.1 Å². The van der Waals surface area contributed by atoms with Crippen LogP contribution in [0, 0.1) is 5.92 Å². The van der Waals surface area contributed by atoms with Crippen molar-refractivity contribution in [3.63, 3.8) is 0 Å². The van der Waals surface area contributed by atoms with Crippen molar-refractivity contribution in [3.8, 4) is 0 Å². The Hall–Kier alpha value is -1.10. The van der Waals surface area contributed by atoms with Crippen LogP contribution >= 0.6 is 0 Å². The van der Waals surface area contributed by atoms with E-state index in [2.05, 4.69) is 19.2 Å². The maximum absolute atomic E-state index is 12.6. The normalized spacial score (nSPS) is 25.2. The summed E-state index contributed by atoms with van der Waals surface area (Å²) in [5.74, 6) is 0.158. The van der Waals surface area contributed by atoms with E-state index in [-0.39, 0.29) is 23.8 Å². The second-order valence-corrected chi connectivity index (χ2v) is 6.52. The summed E-state index contributed by atoms with van der Waals surface area (Å²) in [5, 5.41) is 3.32. The molecule has 21 heavy (non-hydrogen) atoms. The summed E-state index contributed by atoms with van der Waals surface area (Å²) in [5.41, 5.74) is 0. The van der Waals surface area contributed by atoms with Crippen molar-refractivity contribution in [2.45, 2.75) is 58.0 Å². The number of hydrogen-bond acceptors (Lipinski definition) is 3. The minimum absolute atomic E-state index is 0.142. The average Bonchev–Trinajstić information content (AvgIpc) is 2.89. The molecular weight excluding hydrogens is 266 g/mol. The number of piperidine rings is 1. The zero-order valence-corrected chi connectivity index (χ0v) is 13.6. The lowest BCUT2D eigenvalue weighted by atomic mass is 10.0. The number of hydrogen-bond donors (Lipinski definition) is 1. The molecule has 2 rings (SSSR count). The molecule has 2 atom stereocenters. The highest BCUT2D eigenvalue weighted by Gasteiger charge is 2.38. The smallest absolute Gasteiger partial charge is 0.227 e. The highest BCUT2D eigenvalue weighted by molar-refractivity contribution is 5.89. The van der Waals surface area contributed by atoms with Gasteiger partial charge in [-0.15, -0.1) is 0 Å². The molecule has 2 unspecified atom stereocenters. The maximum atomic E-state index is 12.6. The van der Waals surface area contributed by atoms with Crippen molar-refractivity contribution in [3.05, 3.63) is 0 Å². The Morgan fingerprint density at radius 2 is 2.10 bits per heavy atom. The van der Waals surface area contributed by atoms with Gasteiger partial charge in [-0.1, -0.05) is 13.3 Å². The van der Waals surface area contributed by atoms with Crippen LogP contribution in [-0.2, 0) is 9.59 Å². The van der Waals surface area contributed by atoms with Crippen molar-refractivity contribution in [1.29, 1.82) is 0 Å². The molecule has 0 saturated carbocycles. The Morgan fingerprint density at radius 1 is 1.43 bits per heavy atom. The third kappa shape index (κ3) is 3.76. The minimum Gasteiger partial charge on any atom is -0.342 e. The van der Waals surface area contributed by atoms with Crippen molar-refractivity contribution < 1.29 is 9.59 Å². The predicted molar refractivity (Wildman–Crippen MR) is 82.9 cm³/mol. The number of nitrogens with one attached hydrogen (secondary N) is 1. The third-order valence-electron chi connectivity index (χ3n) is 4.95. The zero-order valence-electron chi connectivity index (χ0n) is 13.6. The molecule has 120 valence electrons. The summed E-state index contributed by atoms with van der Waals surface area (Å²) in [6.45, 7) is 6.78. The maximum Gasteiger partial charge on any atom is 0.227 e. The fourth-order valence-electron chi connectivity index (χ4n) is 3.56. The molecule has 2 amide bonds. The molecule has 2 saturated heterocycles. The van der Waals surface area contributed by atoms with Crippen LogP contribution in [0.4, 0.5) is 0 Å². The largest absolute Gasteiger partial charge is 0.342 e. The van der Waals surface area contributed by atoms with Crippen molar-refractivity contribution in [2.24, 2.45) is 5.92 Å². The van der Waals surface area contributed by atoms with E-state index < -0.39 is 0 Å². The molecule has 0 aromatic heterocycles. The molecule has 2 aliphatic heterocycles. The van der Waals surface area contributed by atoms with Crippen LogP contribution in [0.1, 0.15) is 46.0 Å². The van der Waals surface area contributed by atoms with Crippen molar-refractivity contribution in [2.75, 3.05) is 26.7 Å². The monoisotopic (exact) mass is 295 g/mol. The molecular formula is C16H29N3O2. The summed E-state index contributed by atoms with van der Waals surface area (Å²) in [4.78, 5) is 28.6. The first kappa shape index (κ1) is 16.3. The van der Waals surface area contributed by atoms with Gasteiger partial charge in [0.05, 0.1) is 5.92 Å². The lowest BCUT2D eigenvalue weighted by Crippen LogP contribution is -2.46. The van der Waals surface area contributed by atoms with Crippen LogP contribution < -0.4 is 5.32 Å². The van der Waals surface area contributed by atoms with Crippen LogP contribution in [0.25, 0.3) is 0 Å². The van der Waals surface area contributed by atoms with Gasteiger partial charge >= 0.3 is 0 Å². The van der Waals surface area contributed by atoms with Gasteiger partial charge in [-0.25, -0.2) is 0 Å². The molecule has 0 spiro atoms. The molecule has 0 aliphatic carbocycles. The first-order valence-corrected chi connectivity index (χ1v) is 8.31. The number of likely N-dealkylation sites (tertiary alicyclic amines) is 1. The average molecular weight is 295 g/mol. The quantitative estimate of drug-likeness (QED) is 0.830. The van der Waals surface area contributed by atoms with Gasteiger partial charge < -0.3 is 15.1 Å². The number of carbonyl (C=O) groups is 2. The zero-order chi connectivity index (χ0) is 15.4. The van der Waals surface area contributed by atoms with E-state index in [0.717, 1.165) is 38.8 Å². The van der Waals surface area contributed by atoms with Crippen LogP contribution in [0.5, 0.6) is 0 Å². The molecule has 0 aromatic carbocycles. The van der Waals surface area contributed by atoms with Crippen LogP contribution in [0.2, 0.25) is 0 Å². The summed E-state index contributed by atoms with van der Waals surface area (Å²) in [6, 6.07) is 0.584. The minimum atomic E-state index is -0.142. The Kier molecular flexibility index (Phi) is 5.62. The van der Waals surface area contributed by atoms with Gasteiger partial charge in [-0.05, 0) is 39.3 Å². The molecule has 2 heterocycles. The fraction of sp³-hybridized carbons (Fsp3) is 0.875. The number of rotatable bonds is 5. The molecule has 0 bridgehead atoms. The molecule has 5 heteroatoms. The van der Waals surface area contributed by atoms with Gasteiger partial charge in [0.2, 0.25) is 11.8 Å². The highest BCUT2D eigenvalue weighted by atomic mass is 16.2. The molecule has 0 aromatic rings. The molecule has 1 N–H and O–H groups in total. The Bertz CT molecular complexity index is 380. The molecule has 2 fully saturated rings. The Balaban J connectivity index is 1.92. The first-order valence-electron chi connectivity index (χ1n) is 8.31. The lowest BCUT2D eigenvalue weighted by Gasteiger charge is -2.33. The van der Waals surface area contributed by atoms with Gasteiger partial charge in [-0.3, -0.25) is 9.59 Å². The van der Waals surface area contributed by atoms with Crippen LogP contribution in [-0.4, -0.2) is 60.4 Å². The molecule has 0 radical (unpaired) electrons. The van der Waals surface area contributed by atoms with Crippen molar-refractivity contribution >= 4 is 11.8 Å². The number of carbonyl (C=O) groups excluding carboxylic acids is 2. The second kappa shape index (κ2) is 7.25. The van der Waals surface area contributed by atoms with E-state index in [0.29, 0.717) is 19.0 Å². The standard InChI is InChI=1S/C16H29N3O2/c1-4-5-12(2)19-11-13(10-15(19)20)16(21)18(3)14-6-8-17-9-7-14/h12-14,17H,4-11H2,1-3H3. The second-order valence-electron chi connectivity index (χ2n) is 6.52. The Labute approximate surface area is 128 Å². The first-order chi connectivity index (χ1) is 10.0. The van der Waals surface area contributed by atoms with Gasteiger partial charge in [0.1, 0.15) is 0 Å². The molecule has 2 aliphatic rings.